The van der Waals surface area contributed by atoms with Crippen LogP contribution in [-0.2, 0) is 4.79 Å². The summed E-state index contributed by atoms with van der Waals surface area (Å²) in [6, 6.07) is 12.8. The van der Waals surface area contributed by atoms with Gasteiger partial charge in [-0.05, 0) is 42.7 Å². The normalized spacial score (nSPS) is 11.3. The van der Waals surface area contributed by atoms with Gasteiger partial charge in [-0.25, -0.2) is 0 Å². The minimum atomic E-state index is -0.765. The molecular weight excluding hydrogens is 352 g/mol. The summed E-state index contributed by atoms with van der Waals surface area (Å²) in [6.07, 6.45) is 3.83. The van der Waals surface area contributed by atoms with Crippen molar-refractivity contribution in [3.63, 3.8) is 0 Å². The van der Waals surface area contributed by atoms with Gasteiger partial charge in [0, 0.05) is 11.8 Å². The molecule has 0 bridgehead atoms. The Bertz CT molecular complexity index is 741. The van der Waals surface area contributed by atoms with E-state index in [-0.39, 0.29) is 11.6 Å². The predicted molar refractivity (Wildman–Crippen MR) is 101 cm³/mol. The highest BCUT2D eigenvalue weighted by atomic mass is 32.2. The summed E-state index contributed by atoms with van der Waals surface area (Å²) in [5.74, 6) is -0.686. The number of nitrogens with one attached hydrogen (secondary N) is 3. The molecule has 2 aromatic rings. The molecule has 1 aromatic heterocycles. The van der Waals surface area contributed by atoms with E-state index >= 15 is 0 Å². The van der Waals surface area contributed by atoms with Crippen LogP contribution in [0.5, 0.6) is 0 Å². The van der Waals surface area contributed by atoms with Gasteiger partial charge in [-0.3, -0.25) is 30.2 Å². The van der Waals surface area contributed by atoms with Crippen LogP contribution in [0.1, 0.15) is 27.3 Å². The van der Waals surface area contributed by atoms with Gasteiger partial charge in [0.05, 0.1) is 0 Å². The van der Waals surface area contributed by atoms with Crippen LogP contribution < -0.4 is 16.2 Å². The molecular formula is C18H20N4O3S. The summed E-state index contributed by atoms with van der Waals surface area (Å²) in [5.41, 5.74) is 5.30. The molecule has 1 atom stereocenters. The molecule has 0 saturated heterocycles. The maximum atomic E-state index is 12.4. The van der Waals surface area contributed by atoms with Crippen molar-refractivity contribution in [2.45, 2.75) is 12.5 Å². The minimum absolute atomic E-state index is 0.182. The van der Waals surface area contributed by atoms with E-state index in [1.807, 2.05) is 12.3 Å². The number of aromatic nitrogens is 1. The third-order valence-electron chi connectivity index (χ3n) is 3.47. The van der Waals surface area contributed by atoms with Crippen LogP contribution in [0.3, 0.4) is 0 Å². The molecule has 1 heterocycles. The molecule has 8 heteroatoms. The SMILES string of the molecule is CSCC[C@H](NC(=O)c1ccccc1)C(=O)NNC(=O)c1ccccn1. The van der Waals surface area contributed by atoms with E-state index in [4.69, 9.17) is 0 Å². The largest absolute Gasteiger partial charge is 0.340 e. The quantitative estimate of drug-likeness (QED) is 0.638. The van der Waals surface area contributed by atoms with Crippen molar-refractivity contribution >= 4 is 29.5 Å². The molecule has 0 fully saturated rings. The molecule has 0 aliphatic rings. The van der Waals surface area contributed by atoms with Crippen molar-refractivity contribution < 1.29 is 14.4 Å². The highest BCUT2D eigenvalue weighted by molar-refractivity contribution is 7.98. The monoisotopic (exact) mass is 372 g/mol. The number of hydrogen-bond donors (Lipinski definition) is 3. The lowest BCUT2D eigenvalue weighted by Gasteiger charge is -2.18. The predicted octanol–water partition coefficient (Wildman–Crippen LogP) is 1.39. The van der Waals surface area contributed by atoms with Crippen LogP contribution in [0.15, 0.2) is 54.7 Å². The van der Waals surface area contributed by atoms with E-state index in [1.54, 1.807) is 48.2 Å². The fourth-order valence-electron chi connectivity index (χ4n) is 2.10. The van der Waals surface area contributed by atoms with Crippen LogP contribution in [0.2, 0.25) is 0 Å². The zero-order valence-corrected chi connectivity index (χ0v) is 15.1. The van der Waals surface area contributed by atoms with E-state index in [0.29, 0.717) is 17.7 Å². The highest BCUT2D eigenvalue weighted by Crippen LogP contribution is 2.04. The van der Waals surface area contributed by atoms with Gasteiger partial charge in [-0.1, -0.05) is 24.3 Å². The topological polar surface area (TPSA) is 100 Å². The molecule has 0 aliphatic heterocycles. The van der Waals surface area contributed by atoms with Crippen molar-refractivity contribution in [2.24, 2.45) is 0 Å². The number of hydrazine groups is 1. The molecule has 0 aliphatic carbocycles. The summed E-state index contributed by atoms with van der Waals surface area (Å²) < 4.78 is 0. The number of pyridine rings is 1. The van der Waals surface area contributed by atoms with E-state index in [1.165, 1.54) is 12.3 Å². The summed E-state index contributed by atoms with van der Waals surface area (Å²) in [5, 5.41) is 2.70. The molecule has 1 aromatic carbocycles. The lowest BCUT2D eigenvalue weighted by Crippen LogP contribution is -2.52. The van der Waals surface area contributed by atoms with Gasteiger partial charge in [-0.15, -0.1) is 0 Å². The first kappa shape index (κ1) is 19.5. The Balaban J connectivity index is 1.95. The van der Waals surface area contributed by atoms with Crippen molar-refractivity contribution in [1.29, 1.82) is 0 Å². The van der Waals surface area contributed by atoms with Gasteiger partial charge < -0.3 is 5.32 Å². The molecule has 3 amide bonds. The van der Waals surface area contributed by atoms with Crippen LogP contribution in [0.4, 0.5) is 0 Å². The fourth-order valence-corrected chi connectivity index (χ4v) is 2.57. The molecule has 3 N–H and O–H groups in total. The number of hydrogen-bond acceptors (Lipinski definition) is 5. The third-order valence-corrected chi connectivity index (χ3v) is 4.11. The first-order valence-electron chi connectivity index (χ1n) is 7.98. The standard InChI is InChI=1S/C18H20N4O3S/c1-26-12-10-15(20-16(23)13-7-3-2-4-8-13)18(25)22-21-17(24)14-9-5-6-11-19-14/h2-9,11,15H,10,12H2,1H3,(H,20,23)(H,21,24)(H,22,25)/t15-/m0/s1. The molecule has 136 valence electrons. The van der Waals surface area contributed by atoms with Crippen LogP contribution >= 0.6 is 11.8 Å². The lowest BCUT2D eigenvalue weighted by atomic mass is 10.1. The second kappa shape index (κ2) is 10.2. The number of amides is 3. The maximum absolute atomic E-state index is 12.4. The summed E-state index contributed by atoms with van der Waals surface area (Å²) in [7, 11) is 0. The Labute approximate surface area is 155 Å². The molecule has 0 spiro atoms. The Kier molecular flexibility index (Phi) is 7.63. The maximum Gasteiger partial charge on any atom is 0.288 e. The van der Waals surface area contributed by atoms with Crippen molar-refractivity contribution in [2.75, 3.05) is 12.0 Å². The van der Waals surface area contributed by atoms with Crippen molar-refractivity contribution in [1.82, 2.24) is 21.2 Å². The van der Waals surface area contributed by atoms with Gasteiger partial charge in [0.1, 0.15) is 11.7 Å². The van der Waals surface area contributed by atoms with E-state index in [9.17, 15) is 14.4 Å². The van der Waals surface area contributed by atoms with E-state index < -0.39 is 17.9 Å². The van der Waals surface area contributed by atoms with E-state index in [0.717, 1.165) is 0 Å². The first-order chi connectivity index (χ1) is 12.6. The number of carbonyl (C=O) groups is 3. The minimum Gasteiger partial charge on any atom is -0.340 e. The van der Waals surface area contributed by atoms with Gasteiger partial charge in [-0.2, -0.15) is 11.8 Å². The lowest BCUT2D eigenvalue weighted by molar-refractivity contribution is -0.123. The van der Waals surface area contributed by atoms with Gasteiger partial charge in [0.15, 0.2) is 0 Å². The zero-order chi connectivity index (χ0) is 18.8. The zero-order valence-electron chi connectivity index (χ0n) is 14.3. The number of benzene rings is 1. The average Bonchev–Trinajstić information content (AvgIpc) is 2.70. The average molecular weight is 372 g/mol. The Morgan fingerprint density at radius 3 is 2.38 bits per heavy atom. The Hall–Kier alpha value is -2.87. The van der Waals surface area contributed by atoms with Gasteiger partial charge >= 0.3 is 0 Å². The van der Waals surface area contributed by atoms with Crippen LogP contribution in [0.25, 0.3) is 0 Å². The third kappa shape index (κ3) is 5.89. The second-order valence-corrected chi connectivity index (χ2v) is 6.32. The molecule has 2 rings (SSSR count). The Morgan fingerprint density at radius 2 is 1.73 bits per heavy atom. The number of carbonyl (C=O) groups excluding carboxylic acids is 3. The molecule has 26 heavy (non-hydrogen) atoms. The number of thioether (sulfide) groups is 1. The number of nitrogens with zero attached hydrogens (tertiary/aromatic N) is 1. The molecule has 0 saturated carbocycles. The second-order valence-electron chi connectivity index (χ2n) is 5.33. The van der Waals surface area contributed by atoms with Crippen LogP contribution in [-0.4, -0.2) is 40.8 Å². The first-order valence-corrected chi connectivity index (χ1v) is 9.37. The summed E-state index contributed by atoms with van der Waals surface area (Å²) in [4.78, 5) is 40.5. The molecule has 0 unspecified atom stereocenters. The fraction of sp³-hybridized carbons (Fsp3) is 0.222. The van der Waals surface area contributed by atoms with Crippen molar-refractivity contribution in [3.8, 4) is 0 Å². The highest BCUT2D eigenvalue weighted by Gasteiger charge is 2.21. The van der Waals surface area contributed by atoms with Gasteiger partial charge in [0.2, 0.25) is 0 Å². The molecule has 7 nitrogen and oxygen atoms in total. The summed E-state index contributed by atoms with van der Waals surface area (Å²) in [6.45, 7) is 0. The number of rotatable bonds is 7. The molecule has 0 radical (unpaired) electrons. The smallest absolute Gasteiger partial charge is 0.288 e. The van der Waals surface area contributed by atoms with Gasteiger partial charge in [0.25, 0.3) is 17.7 Å². The Morgan fingerprint density at radius 1 is 1.00 bits per heavy atom. The summed E-state index contributed by atoms with van der Waals surface area (Å²) >= 11 is 1.56. The van der Waals surface area contributed by atoms with E-state index in [2.05, 4.69) is 21.2 Å². The van der Waals surface area contributed by atoms with Crippen molar-refractivity contribution in [3.05, 3.63) is 66.0 Å². The van der Waals surface area contributed by atoms with Crippen LogP contribution in [0, 0.1) is 0 Å².